The van der Waals surface area contributed by atoms with E-state index in [4.69, 9.17) is 29.2 Å². The molecular weight excluding hydrogens is 629 g/mol. The molecule has 0 saturated heterocycles. The van der Waals surface area contributed by atoms with Crippen LogP contribution < -0.4 is 15.3 Å². The van der Waals surface area contributed by atoms with E-state index in [0.717, 1.165) is 27.2 Å². The first-order valence-corrected chi connectivity index (χ1v) is 17.8. The van der Waals surface area contributed by atoms with E-state index in [9.17, 15) is 9.36 Å². The largest absolute Gasteiger partial charge is 0.459 e. The summed E-state index contributed by atoms with van der Waals surface area (Å²) in [6.07, 6.45) is 0. The number of nitrogens with two attached hydrogens (primary N) is 1. The number of pyridine rings is 1. The van der Waals surface area contributed by atoms with Gasteiger partial charge in [-0.2, -0.15) is 5.09 Å². The highest BCUT2D eigenvalue weighted by Gasteiger charge is 2.41. The van der Waals surface area contributed by atoms with Crippen LogP contribution in [0.25, 0.3) is 32.7 Å². The lowest BCUT2D eigenvalue weighted by molar-refractivity contribution is -0.156. The molecule has 3 N–H and O–H groups in total. The summed E-state index contributed by atoms with van der Waals surface area (Å²) in [6, 6.07) is 19.8. The van der Waals surface area contributed by atoms with E-state index in [1.54, 1.807) is 33.8 Å². The minimum absolute atomic E-state index is 0.0855. The van der Waals surface area contributed by atoms with E-state index in [-0.39, 0.29) is 19.1 Å². The van der Waals surface area contributed by atoms with Gasteiger partial charge in [-0.05, 0) is 65.0 Å². The molecule has 0 aliphatic carbocycles. The number of fused-ring (bicyclic) bond motifs is 4. The lowest BCUT2D eigenvalue weighted by Gasteiger charge is -2.38. The van der Waals surface area contributed by atoms with Crippen LogP contribution >= 0.6 is 7.75 Å². The van der Waals surface area contributed by atoms with Crippen LogP contribution in [0.2, 0.25) is 0 Å². The van der Waals surface area contributed by atoms with Crippen LogP contribution in [0.1, 0.15) is 61.2 Å². The Balaban J connectivity index is 1.61. The predicted molar refractivity (Wildman–Crippen MR) is 190 cm³/mol. The second kappa shape index (κ2) is 13.8. The van der Waals surface area contributed by atoms with E-state index in [1.807, 2.05) is 74.5 Å². The number of aromatic nitrogens is 3. The molecule has 0 saturated carbocycles. The molecule has 12 heteroatoms. The summed E-state index contributed by atoms with van der Waals surface area (Å²) in [5, 5.41) is 5.37. The first-order valence-electron chi connectivity index (χ1n) is 16.2. The van der Waals surface area contributed by atoms with Gasteiger partial charge in [0.25, 0.3) is 0 Å². The Bertz CT molecular complexity index is 1980. The maximum atomic E-state index is 14.9. The van der Waals surface area contributed by atoms with Crippen molar-refractivity contribution in [1.82, 2.24) is 19.6 Å². The van der Waals surface area contributed by atoms with Gasteiger partial charge in [-0.3, -0.25) is 9.32 Å². The maximum absolute atomic E-state index is 14.9. The highest BCUT2D eigenvalue weighted by Crippen LogP contribution is 2.49. The van der Waals surface area contributed by atoms with Gasteiger partial charge in [0.05, 0.1) is 23.2 Å². The number of rotatable bonds is 13. The molecule has 3 aromatic carbocycles. The van der Waals surface area contributed by atoms with Crippen LogP contribution in [0.15, 0.2) is 66.7 Å². The highest BCUT2D eigenvalue weighted by molar-refractivity contribution is 7.52. The molecule has 0 amide bonds. The van der Waals surface area contributed by atoms with Crippen LogP contribution in [0.5, 0.6) is 5.75 Å². The van der Waals surface area contributed by atoms with Gasteiger partial charge in [-0.25, -0.2) is 14.5 Å². The van der Waals surface area contributed by atoms with Crippen molar-refractivity contribution in [2.75, 3.05) is 18.9 Å². The van der Waals surface area contributed by atoms with Crippen LogP contribution in [-0.4, -0.2) is 45.4 Å². The number of para-hydroxylation sites is 1. The number of esters is 1. The number of anilines is 1. The highest BCUT2D eigenvalue weighted by atomic mass is 31.2. The normalized spacial score (nSPS) is 15.4. The molecule has 48 heavy (non-hydrogen) atoms. The van der Waals surface area contributed by atoms with Gasteiger partial charge in [-0.1, -0.05) is 68.4 Å². The number of nitrogen functional groups attached to an aromatic ring is 1. The van der Waals surface area contributed by atoms with Crippen LogP contribution in [0.3, 0.4) is 0 Å². The van der Waals surface area contributed by atoms with Crippen molar-refractivity contribution in [3.05, 3.63) is 72.6 Å². The Morgan fingerprint density at radius 2 is 1.62 bits per heavy atom. The minimum Gasteiger partial charge on any atom is -0.459 e. The Morgan fingerprint density at radius 3 is 2.31 bits per heavy atom. The SMILES string of the molecule is CCOCc1nc2c(N)nc3ccccc3c2n1C(C)(COP(=O)(N[C@@H](C)C(=O)OC(C)(C)C)Oc1cccc2ccccc12)C(C)C. The van der Waals surface area contributed by atoms with Gasteiger partial charge in [-0.15, -0.1) is 0 Å². The maximum Gasteiger partial charge on any atom is 0.459 e. The molecule has 2 heterocycles. The molecule has 0 spiro atoms. The third-order valence-electron chi connectivity index (χ3n) is 8.39. The third kappa shape index (κ3) is 7.34. The van der Waals surface area contributed by atoms with Crippen molar-refractivity contribution in [1.29, 1.82) is 0 Å². The minimum atomic E-state index is -4.27. The molecule has 0 fully saturated rings. The molecule has 2 aromatic heterocycles. The summed E-state index contributed by atoms with van der Waals surface area (Å²) >= 11 is 0. The Hall–Kier alpha value is -4.02. The van der Waals surface area contributed by atoms with Crippen LogP contribution in [-0.2, 0) is 35.5 Å². The molecule has 2 unspecified atom stereocenters. The van der Waals surface area contributed by atoms with Crippen molar-refractivity contribution < 1.29 is 27.9 Å². The average Bonchev–Trinajstić information content (AvgIpc) is 3.43. The van der Waals surface area contributed by atoms with E-state index < -0.39 is 30.9 Å². The summed E-state index contributed by atoms with van der Waals surface area (Å²) in [5.41, 5.74) is 6.89. The molecule has 5 rings (SSSR count). The molecule has 256 valence electrons. The zero-order valence-corrected chi connectivity index (χ0v) is 29.8. The number of ether oxygens (including phenoxy) is 2. The number of carbonyl (C=O) groups excluding carboxylic acids is 1. The second-order valence-corrected chi connectivity index (χ2v) is 15.1. The second-order valence-electron chi connectivity index (χ2n) is 13.4. The standard InChI is InChI=1S/C36H46N5O6P/c1-9-44-21-30-39-31-32(27-18-12-13-19-28(27)38-33(31)37)41(30)36(8,23(2)3)22-45-48(43,40-24(4)34(42)46-35(5,6)7)47-29-20-14-16-25-15-10-11-17-26(25)29/h10-20,23-24H,9,21-22H2,1-8H3,(H2,37,38)(H,40,43)/t24-,36?,48?/m0/s1. The monoisotopic (exact) mass is 675 g/mol. The number of nitrogens with zero attached hydrogens (tertiary/aromatic N) is 3. The lowest BCUT2D eigenvalue weighted by atomic mass is 9.88. The number of imidazole rings is 1. The van der Waals surface area contributed by atoms with Gasteiger partial charge >= 0.3 is 13.7 Å². The van der Waals surface area contributed by atoms with Crippen molar-refractivity contribution in [2.45, 2.75) is 79.2 Å². The topological polar surface area (TPSA) is 140 Å². The Kier molecular flexibility index (Phi) is 10.2. The van der Waals surface area contributed by atoms with Crippen molar-refractivity contribution in [2.24, 2.45) is 5.92 Å². The zero-order chi connectivity index (χ0) is 34.9. The molecule has 0 radical (unpaired) electrons. The average molecular weight is 676 g/mol. The molecule has 0 bridgehead atoms. The lowest BCUT2D eigenvalue weighted by Crippen LogP contribution is -2.43. The van der Waals surface area contributed by atoms with Crippen molar-refractivity contribution >= 4 is 52.2 Å². The van der Waals surface area contributed by atoms with Gasteiger partial charge < -0.3 is 24.3 Å². The van der Waals surface area contributed by atoms with E-state index >= 15 is 0 Å². The summed E-state index contributed by atoms with van der Waals surface area (Å²) in [7, 11) is -4.27. The number of hydrogen-bond donors (Lipinski definition) is 2. The van der Waals surface area contributed by atoms with E-state index in [2.05, 4.69) is 28.5 Å². The first-order chi connectivity index (χ1) is 22.7. The zero-order valence-electron chi connectivity index (χ0n) is 28.9. The summed E-state index contributed by atoms with van der Waals surface area (Å²) in [5.74, 6) is 0.592. The molecule has 11 nitrogen and oxygen atoms in total. The quantitative estimate of drug-likeness (QED) is 0.0940. The van der Waals surface area contributed by atoms with Crippen LogP contribution in [0.4, 0.5) is 5.82 Å². The molecule has 0 aliphatic rings. The van der Waals surface area contributed by atoms with Gasteiger partial charge in [0.2, 0.25) is 0 Å². The van der Waals surface area contributed by atoms with Gasteiger partial charge in [0, 0.05) is 17.4 Å². The van der Waals surface area contributed by atoms with E-state index in [1.165, 1.54) is 0 Å². The van der Waals surface area contributed by atoms with Crippen molar-refractivity contribution in [3.63, 3.8) is 0 Å². The van der Waals surface area contributed by atoms with E-state index in [0.29, 0.717) is 29.5 Å². The number of nitrogens with one attached hydrogen (secondary N) is 1. The number of hydrogen-bond acceptors (Lipinski definition) is 9. The molecule has 5 aromatic rings. The number of benzene rings is 3. The first kappa shape index (κ1) is 35.3. The molecular formula is C36H46N5O6P. The fourth-order valence-corrected chi connectivity index (χ4v) is 7.18. The van der Waals surface area contributed by atoms with Gasteiger partial charge in [0.15, 0.2) is 5.82 Å². The summed E-state index contributed by atoms with van der Waals surface area (Å²) in [4.78, 5) is 22.6. The third-order valence-corrected chi connectivity index (χ3v) is 10.00. The van der Waals surface area contributed by atoms with Crippen molar-refractivity contribution in [3.8, 4) is 5.75 Å². The Morgan fingerprint density at radius 1 is 0.958 bits per heavy atom. The molecule has 0 aliphatic heterocycles. The molecule has 3 atom stereocenters. The van der Waals surface area contributed by atoms with Crippen LogP contribution in [0, 0.1) is 5.92 Å². The fraction of sp³-hybridized carbons (Fsp3) is 0.417. The van der Waals surface area contributed by atoms with Gasteiger partial charge in [0.1, 0.15) is 35.3 Å². The smallest absolute Gasteiger partial charge is 0.459 e. The Labute approximate surface area is 281 Å². The number of carbonyl (C=O) groups is 1. The summed E-state index contributed by atoms with van der Waals surface area (Å²) in [6.45, 7) is 15.5. The summed E-state index contributed by atoms with van der Waals surface area (Å²) < 4.78 is 41.1. The fourth-order valence-electron chi connectivity index (χ4n) is 5.57. The predicted octanol–water partition coefficient (Wildman–Crippen LogP) is 7.75.